The van der Waals surface area contributed by atoms with Crippen molar-refractivity contribution in [1.29, 1.82) is 0 Å². The van der Waals surface area contributed by atoms with Crippen LogP contribution in [0.1, 0.15) is 40.2 Å². The summed E-state index contributed by atoms with van der Waals surface area (Å²) in [6, 6.07) is 6.47. The zero-order valence-corrected chi connectivity index (χ0v) is 15.3. The van der Waals surface area contributed by atoms with Gasteiger partial charge in [0, 0.05) is 35.7 Å². The van der Waals surface area contributed by atoms with Crippen LogP contribution in [-0.4, -0.2) is 29.1 Å². The molecule has 0 saturated carbocycles. The standard InChI is InChI=1S/C17H27ClN2S/c1-12-10-20(11-13(2)21-12)16-7-6-14(8-15(16)18)9-19-17(3,4)5/h6-8,12-13,19H,9-11H2,1-5H3. The van der Waals surface area contributed by atoms with E-state index in [0.29, 0.717) is 10.5 Å². The molecule has 1 heterocycles. The highest BCUT2D eigenvalue weighted by molar-refractivity contribution is 8.00. The van der Waals surface area contributed by atoms with Crippen LogP contribution in [0.15, 0.2) is 18.2 Å². The van der Waals surface area contributed by atoms with E-state index in [1.54, 1.807) is 0 Å². The van der Waals surface area contributed by atoms with Gasteiger partial charge in [-0.3, -0.25) is 0 Å². The van der Waals surface area contributed by atoms with Crippen LogP contribution in [0.2, 0.25) is 5.02 Å². The number of rotatable bonds is 3. The largest absolute Gasteiger partial charge is 0.368 e. The van der Waals surface area contributed by atoms with E-state index in [4.69, 9.17) is 11.6 Å². The van der Waals surface area contributed by atoms with Crippen molar-refractivity contribution in [1.82, 2.24) is 5.32 Å². The minimum absolute atomic E-state index is 0.125. The monoisotopic (exact) mass is 326 g/mol. The molecular formula is C17H27ClN2S. The molecular weight excluding hydrogens is 300 g/mol. The second-order valence-electron chi connectivity index (χ2n) is 7.05. The third-order valence-electron chi connectivity index (χ3n) is 3.60. The van der Waals surface area contributed by atoms with Gasteiger partial charge in [0.05, 0.1) is 10.7 Å². The van der Waals surface area contributed by atoms with E-state index in [2.05, 4.69) is 74.8 Å². The molecule has 21 heavy (non-hydrogen) atoms. The molecule has 0 aromatic heterocycles. The molecule has 118 valence electrons. The number of hydrogen-bond donors (Lipinski definition) is 1. The van der Waals surface area contributed by atoms with Crippen LogP contribution in [0.25, 0.3) is 0 Å². The molecule has 0 radical (unpaired) electrons. The third-order valence-corrected chi connectivity index (χ3v) is 5.13. The van der Waals surface area contributed by atoms with Crippen LogP contribution in [-0.2, 0) is 6.54 Å². The molecule has 2 rings (SSSR count). The molecule has 0 bridgehead atoms. The number of thioether (sulfide) groups is 1. The first-order valence-corrected chi connectivity index (χ1v) is 9.00. The van der Waals surface area contributed by atoms with Crippen molar-refractivity contribution in [2.45, 2.75) is 57.2 Å². The van der Waals surface area contributed by atoms with Crippen molar-refractivity contribution in [3.63, 3.8) is 0 Å². The zero-order valence-electron chi connectivity index (χ0n) is 13.7. The van der Waals surface area contributed by atoms with Crippen molar-refractivity contribution in [3.8, 4) is 0 Å². The summed E-state index contributed by atoms with van der Waals surface area (Å²) in [6.07, 6.45) is 0. The van der Waals surface area contributed by atoms with Gasteiger partial charge in [-0.05, 0) is 38.5 Å². The predicted octanol–water partition coefficient (Wildman–Crippen LogP) is 4.56. The minimum Gasteiger partial charge on any atom is -0.368 e. The molecule has 2 nitrogen and oxygen atoms in total. The Hall–Kier alpha value is -0.380. The molecule has 2 unspecified atom stereocenters. The van der Waals surface area contributed by atoms with E-state index in [-0.39, 0.29) is 5.54 Å². The highest BCUT2D eigenvalue weighted by Crippen LogP contribution is 2.33. The topological polar surface area (TPSA) is 15.3 Å². The predicted molar refractivity (Wildman–Crippen MR) is 96.8 cm³/mol. The van der Waals surface area contributed by atoms with E-state index in [1.807, 2.05) is 0 Å². The molecule has 1 fully saturated rings. The van der Waals surface area contributed by atoms with Crippen molar-refractivity contribution >= 4 is 29.1 Å². The Morgan fingerprint density at radius 1 is 1.24 bits per heavy atom. The lowest BCUT2D eigenvalue weighted by Crippen LogP contribution is -2.40. The SMILES string of the molecule is CC1CN(c2ccc(CNC(C)(C)C)cc2Cl)CC(C)S1. The maximum Gasteiger partial charge on any atom is 0.0642 e. The van der Waals surface area contributed by atoms with Crippen LogP contribution >= 0.6 is 23.4 Å². The molecule has 0 spiro atoms. The van der Waals surface area contributed by atoms with Gasteiger partial charge >= 0.3 is 0 Å². The van der Waals surface area contributed by atoms with Gasteiger partial charge in [0.1, 0.15) is 0 Å². The number of nitrogens with one attached hydrogen (secondary N) is 1. The fourth-order valence-corrected chi connectivity index (χ4v) is 4.31. The minimum atomic E-state index is 0.125. The Bertz CT molecular complexity index is 474. The second-order valence-corrected chi connectivity index (χ2v) is 9.34. The van der Waals surface area contributed by atoms with Crippen LogP contribution in [0.3, 0.4) is 0 Å². The number of hydrogen-bond acceptors (Lipinski definition) is 3. The molecule has 1 aliphatic rings. The van der Waals surface area contributed by atoms with Crippen LogP contribution in [0.4, 0.5) is 5.69 Å². The van der Waals surface area contributed by atoms with E-state index in [1.165, 1.54) is 11.3 Å². The Morgan fingerprint density at radius 3 is 2.38 bits per heavy atom. The summed E-state index contributed by atoms with van der Waals surface area (Å²) in [6.45, 7) is 14.1. The zero-order chi connectivity index (χ0) is 15.6. The summed E-state index contributed by atoms with van der Waals surface area (Å²) in [5.74, 6) is 0. The average molecular weight is 327 g/mol. The van der Waals surface area contributed by atoms with Crippen LogP contribution in [0.5, 0.6) is 0 Å². The first kappa shape index (κ1) is 17.0. The molecule has 1 saturated heterocycles. The summed E-state index contributed by atoms with van der Waals surface area (Å²) in [7, 11) is 0. The van der Waals surface area contributed by atoms with Crippen molar-refractivity contribution in [2.24, 2.45) is 0 Å². The molecule has 1 aliphatic heterocycles. The van der Waals surface area contributed by atoms with Gasteiger partial charge in [0.15, 0.2) is 0 Å². The highest BCUT2D eigenvalue weighted by atomic mass is 35.5. The summed E-state index contributed by atoms with van der Waals surface area (Å²) in [5.41, 5.74) is 2.54. The van der Waals surface area contributed by atoms with Crippen molar-refractivity contribution < 1.29 is 0 Å². The number of nitrogens with zero attached hydrogens (tertiary/aromatic N) is 1. The van der Waals surface area contributed by atoms with Gasteiger partial charge in [-0.15, -0.1) is 0 Å². The third kappa shape index (κ3) is 5.08. The Balaban J connectivity index is 2.08. The van der Waals surface area contributed by atoms with E-state index >= 15 is 0 Å². The van der Waals surface area contributed by atoms with Gasteiger partial charge in [0.25, 0.3) is 0 Å². The van der Waals surface area contributed by atoms with Gasteiger partial charge in [-0.1, -0.05) is 31.5 Å². The highest BCUT2D eigenvalue weighted by Gasteiger charge is 2.23. The average Bonchev–Trinajstić information content (AvgIpc) is 2.34. The normalized spacial score (nSPS) is 23.4. The quantitative estimate of drug-likeness (QED) is 0.876. The molecule has 4 heteroatoms. The van der Waals surface area contributed by atoms with E-state index < -0.39 is 0 Å². The van der Waals surface area contributed by atoms with Crippen molar-refractivity contribution in [2.75, 3.05) is 18.0 Å². The van der Waals surface area contributed by atoms with E-state index in [9.17, 15) is 0 Å². The molecule has 2 atom stereocenters. The van der Waals surface area contributed by atoms with E-state index in [0.717, 1.165) is 24.7 Å². The first-order valence-electron chi connectivity index (χ1n) is 7.68. The van der Waals surface area contributed by atoms with Gasteiger partial charge < -0.3 is 10.2 Å². The molecule has 1 aromatic carbocycles. The summed E-state index contributed by atoms with van der Waals surface area (Å²) < 4.78 is 0. The summed E-state index contributed by atoms with van der Waals surface area (Å²) in [4.78, 5) is 2.43. The van der Waals surface area contributed by atoms with Crippen LogP contribution < -0.4 is 10.2 Å². The van der Waals surface area contributed by atoms with Gasteiger partial charge in [0.2, 0.25) is 0 Å². The summed E-state index contributed by atoms with van der Waals surface area (Å²) >= 11 is 8.60. The lowest BCUT2D eigenvalue weighted by Gasteiger charge is -2.36. The van der Waals surface area contributed by atoms with Crippen LogP contribution in [0, 0.1) is 0 Å². The van der Waals surface area contributed by atoms with Gasteiger partial charge in [-0.25, -0.2) is 0 Å². The van der Waals surface area contributed by atoms with Gasteiger partial charge in [-0.2, -0.15) is 11.8 Å². The maximum absolute atomic E-state index is 6.53. The Morgan fingerprint density at radius 2 is 1.86 bits per heavy atom. The number of benzene rings is 1. The fraction of sp³-hybridized carbons (Fsp3) is 0.647. The molecule has 1 aromatic rings. The first-order chi connectivity index (χ1) is 9.74. The maximum atomic E-state index is 6.53. The molecule has 1 N–H and O–H groups in total. The van der Waals surface area contributed by atoms with Crippen molar-refractivity contribution in [3.05, 3.63) is 28.8 Å². The molecule has 0 amide bonds. The fourth-order valence-electron chi connectivity index (χ4n) is 2.66. The number of halogens is 1. The molecule has 0 aliphatic carbocycles. The smallest absolute Gasteiger partial charge is 0.0642 e. The summed E-state index contributed by atoms with van der Waals surface area (Å²) in [5, 5.41) is 5.69. The second kappa shape index (κ2) is 6.80. The lowest BCUT2D eigenvalue weighted by atomic mass is 10.1. The Kier molecular flexibility index (Phi) is 5.50. The lowest BCUT2D eigenvalue weighted by molar-refractivity contribution is 0.424. The Labute approximate surface area is 138 Å². The number of anilines is 1.